The number of hydrogen-bond acceptors (Lipinski definition) is 2. The van der Waals surface area contributed by atoms with Gasteiger partial charge in [0.2, 0.25) is 11.4 Å². The Bertz CT molecular complexity index is 1520. The molecule has 0 bridgehead atoms. The van der Waals surface area contributed by atoms with E-state index < -0.39 is 0 Å². The first-order chi connectivity index (χ1) is 24.4. The number of hydrogen-bond donors (Lipinski definition) is 0. The summed E-state index contributed by atoms with van der Waals surface area (Å²) < 4.78 is 4.73. The molecule has 2 aromatic carbocycles. The van der Waals surface area contributed by atoms with E-state index in [4.69, 9.17) is 0 Å². The van der Waals surface area contributed by atoms with Gasteiger partial charge in [0.25, 0.3) is 0 Å². The fourth-order valence-electron chi connectivity index (χ4n) is 5.94. The Morgan fingerprint density at radius 2 is 0.780 bits per heavy atom. The third kappa shape index (κ3) is 15.6. The summed E-state index contributed by atoms with van der Waals surface area (Å²) >= 11 is 0. The van der Waals surface area contributed by atoms with Gasteiger partial charge in [-0.25, -0.2) is 0 Å². The smallest absolute Gasteiger partial charge is 0.205 e. The third-order valence-electron chi connectivity index (χ3n) is 9.17. The molecule has 0 aliphatic heterocycles. The zero-order valence-electron chi connectivity index (χ0n) is 32.2. The molecule has 0 radical (unpaired) electrons. The maximum Gasteiger partial charge on any atom is 0.205 e. The molecule has 4 aromatic rings. The molecule has 4 rings (SSSR count). The molecule has 4 nitrogen and oxygen atoms in total. The van der Waals surface area contributed by atoms with Crippen molar-refractivity contribution in [1.29, 1.82) is 0 Å². The average Bonchev–Trinajstić information content (AvgIpc) is 3.14. The first kappa shape index (κ1) is 40.3. The van der Waals surface area contributed by atoms with Crippen LogP contribution in [0.3, 0.4) is 0 Å². The minimum absolute atomic E-state index is 1.10. The van der Waals surface area contributed by atoms with Crippen LogP contribution in [0.1, 0.15) is 113 Å². The lowest BCUT2D eigenvalue weighted by molar-refractivity contribution is -0.699. The third-order valence-corrected chi connectivity index (χ3v) is 9.17. The molecule has 2 aromatic heterocycles. The molecule has 2 heterocycles. The lowest BCUT2D eigenvalue weighted by atomic mass is 10.1. The molecule has 0 fully saturated rings. The Morgan fingerprint density at radius 3 is 1.14 bits per heavy atom. The highest BCUT2D eigenvalue weighted by Crippen LogP contribution is 2.16. The van der Waals surface area contributed by atoms with Crippen molar-refractivity contribution in [3.05, 3.63) is 120 Å². The molecule has 0 aliphatic rings. The Balaban J connectivity index is 0.000000271. The van der Waals surface area contributed by atoms with Crippen LogP contribution in [-0.4, -0.2) is 28.2 Å². The molecule has 0 amide bonds. The second kappa shape index (κ2) is 24.1. The number of benzene rings is 2. The van der Waals surface area contributed by atoms with Gasteiger partial charge in [0, 0.05) is 88.8 Å². The highest BCUT2D eigenvalue weighted by molar-refractivity contribution is 5.69. The molecule has 0 atom stereocenters. The SMILES string of the molecule is CCCCCCCCC[n+]1ccccc1/C=C/c1ccc(N(C)C)cc1.CCCCCCC[n+]1ccccc1/C=C/c1ccc(N(C)C)cc1. The van der Waals surface area contributed by atoms with Gasteiger partial charge >= 0.3 is 0 Å². The summed E-state index contributed by atoms with van der Waals surface area (Å²) in [6, 6.07) is 30.2. The molecule has 0 spiro atoms. The van der Waals surface area contributed by atoms with Gasteiger partial charge in [-0.2, -0.15) is 9.13 Å². The van der Waals surface area contributed by atoms with Crippen LogP contribution in [0.2, 0.25) is 0 Å². The van der Waals surface area contributed by atoms with Crippen LogP contribution in [0.25, 0.3) is 24.3 Å². The van der Waals surface area contributed by atoms with E-state index in [1.54, 1.807) is 0 Å². The Kier molecular flexibility index (Phi) is 19.4. The number of nitrogens with zero attached hydrogens (tertiary/aromatic N) is 4. The fourth-order valence-corrected chi connectivity index (χ4v) is 5.94. The van der Waals surface area contributed by atoms with Crippen molar-refractivity contribution in [2.75, 3.05) is 38.0 Å². The zero-order valence-corrected chi connectivity index (χ0v) is 32.2. The van der Waals surface area contributed by atoms with Crippen LogP contribution >= 0.6 is 0 Å². The van der Waals surface area contributed by atoms with Crippen LogP contribution in [0, 0.1) is 0 Å². The molecule has 0 saturated carbocycles. The van der Waals surface area contributed by atoms with Gasteiger partial charge in [-0.05, 0) is 72.5 Å². The molecular weight excluding hydrogens is 609 g/mol. The fraction of sp³-hybridized carbons (Fsp3) is 0.435. The Morgan fingerprint density at radius 1 is 0.420 bits per heavy atom. The van der Waals surface area contributed by atoms with Crippen LogP contribution < -0.4 is 18.9 Å². The van der Waals surface area contributed by atoms with E-state index in [1.165, 1.54) is 111 Å². The van der Waals surface area contributed by atoms with Crippen molar-refractivity contribution in [2.24, 2.45) is 0 Å². The normalized spacial score (nSPS) is 11.2. The lowest BCUT2D eigenvalue weighted by Crippen LogP contribution is -2.36. The minimum atomic E-state index is 1.10. The van der Waals surface area contributed by atoms with Crippen LogP contribution in [-0.2, 0) is 13.1 Å². The largest absolute Gasteiger partial charge is 0.378 e. The summed E-state index contributed by atoms with van der Waals surface area (Å²) in [4.78, 5) is 4.25. The number of aromatic nitrogens is 2. The van der Waals surface area contributed by atoms with Crippen molar-refractivity contribution >= 4 is 35.7 Å². The van der Waals surface area contributed by atoms with Gasteiger partial charge in [0.05, 0.1) is 0 Å². The maximum absolute atomic E-state index is 2.37. The van der Waals surface area contributed by atoms with E-state index in [-0.39, 0.29) is 0 Å². The highest BCUT2D eigenvalue weighted by Gasteiger charge is 2.07. The van der Waals surface area contributed by atoms with Crippen molar-refractivity contribution in [3.63, 3.8) is 0 Å². The molecule has 0 N–H and O–H groups in total. The Hall–Kier alpha value is -4.18. The summed E-state index contributed by atoms with van der Waals surface area (Å²) in [5.41, 5.74) is 7.48. The number of anilines is 2. The summed E-state index contributed by atoms with van der Waals surface area (Å²) in [6.07, 6.45) is 29.3. The van der Waals surface area contributed by atoms with Gasteiger partial charge in [0.15, 0.2) is 12.4 Å². The summed E-state index contributed by atoms with van der Waals surface area (Å²) in [6.45, 7) is 6.75. The first-order valence-electron chi connectivity index (χ1n) is 19.3. The minimum Gasteiger partial charge on any atom is -0.378 e. The second-order valence-corrected chi connectivity index (χ2v) is 13.8. The van der Waals surface area contributed by atoms with E-state index >= 15 is 0 Å². The Labute approximate surface area is 305 Å². The average molecular weight is 675 g/mol. The zero-order chi connectivity index (χ0) is 35.8. The number of unbranched alkanes of at least 4 members (excludes halogenated alkanes) is 10. The number of rotatable bonds is 20. The molecule has 50 heavy (non-hydrogen) atoms. The van der Waals surface area contributed by atoms with Crippen molar-refractivity contribution < 1.29 is 9.13 Å². The quantitative estimate of drug-likeness (QED) is 0.0684. The summed E-state index contributed by atoms with van der Waals surface area (Å²) in [5.74, 6) is 0. The van der Waals surface area contributed by atoms with Crippen molar-refractivity contribution in [3.8, 4) is 0 Å². The predicted octanol–water partition coefficient (Wildman–Crippen LogP) is 11.1. The van der Waals surface area contributed by atoms with Crippen LogP contribution in [0.5, 0.6) is 0 Å². The predicted molar refractivity (Wildman–Crippen MR) is 219 cm³/mol. The van der Waals surface area contributed by atoms with E-state index in [2.05, 4.69) is 183 Å². The second-order valence-electron chi connectivity index (χ2n) is 13.8. The molecule has 268 valence electrons. The van der Waals surface area contributed by atoms with Crippen molar-refractivity contribution in [2.45, 2.75) is 104 Å². The van der Waals surface area contributed by atoms with Gasteiger partial charge in [-0.3, -0.25) is 0 Å². The molecule has 0 saturated heterocycles. The van der Waals surface area contributed by atoms with E-state index in [0.29, 0.717) is 0 Å². The molecular formula is C46H66N4+2. The molecule has 0 unspecified atom stereocenters. The standard InChI is InChI=1S/C24H35N2.C22H31N2/c1-4-5-6-7-8-9-11-20-26-21-12-10-13-24(26)19-16-22-14-17-23(18-15-22)25(2)3;1-4-5-6-7-9-18-24-19-10-8-11-22(24)17-14-20-12-15-21(16-13-20)23(2)3/h10,12-19,21H,4-9,11,20H2,1-3H3;8,10-17,19H,4-7,9,18H2,1-3H3/q2*+1. The van der Waals surface area contributed by atoms with Crippen LogP contribution in [0.15, 0.2) is 97.3 Å². The van der Waals surface area contributed by atoms with Gasteiger partial charge in [-0.1, -0.05) is 89.5 Å². The topological polar surface area (TPSA) is 14.2 Å². The van der Waals surface area contributed by atoms with Gasteiger partial charge in [0.1, 0.15) is 13.1 Å². The summed E-state index contributed by atoms with van der Waals surface area (Å²) in [5, 5.41) is 0. The molecule has 0 aliphatic carbocycles. The number of aryl methyl sites for hydroxylation is 2. The van der Waals surface area contributed by atoms with E-state index in [0.717, 1.165) is 13.1 Å². The summed E-state index contributed by atoms with van der Waals surface area (Å²) in [7, 11) is 8.28. The highest BCUT2D eigenvalue weighted by atomic mass is 15.1. The first-order valence-corrected chi connectivity index (χ1v) is 19.3. The lowest BCUT2D eigenvalue weighted by Gasteiger charge is -2.11. The van der Waals surface area contributed by atoms with Gasteiger partial charge < -0.3 is 9.80 Å². The number of pyridine rings is 2. The van der Waals surface area contributed by atoms with Gasteiger partial charge in [-0.15, -0.1) is 0 Å². The van der Waals surface area contributed by atoms with Crippen LogP contribution in [0.4, 0.5) is 11.4 Å². The van der Waals surface area contributed by atoms with E-state index in [1.807, 2.05) is 0 Å². The maximum atomic E-state index is 2.37. The molecule has 4 heteroatoms. The monoisotopic (exact) mass is 675 g/mol. The van der Waals surface area contributed by atoms with Crippen molar-refractivity contribution in [1.82, 2.24) is 0 Å². The van der Waals surface area contributed by atoms with E-state index in [9.17, 15) is 0 Å².